The van der Waals surface area contributed by atoms with E-state index in [2.05, 4.69) is 0 Å². The van der Waals surface area contributed by atoms with E-state index in [0.717, 1.165) is 44.7 Å². The van der Waals surface area contributed by atoms with Crippen LogP contribution in [0.15, 0.2) is 95.4 Å². The number of nitrogens with two attached hydrogens (primary N) is 1. The first kappa shape index (κ1) is 31.5. The van der Waals surface area contributed by atoms with Gasteiger partial charge in [-0.05, 0) is 89.2 Å². The second kappa shape index (κ2) is 12.2. The minimum atomic E-state index is -4.59. The number of amides is 1. The fourth-order valence-corrected chi connectivity index (χ4v) is 5.35. The molecular weight excluding hydrogens is 581 g/mol. The van der Waals surface area contributed by atoms with Crippen LogP contribution in [0.1, 0.15) is 58.0 Å². The minimum absolute atomic E-state index is 0.107. The highest BCUT2D eigenvalue weighted by Crippen LogP contribution is 2.33. The van der Waals surface area contributed by atoms with E-state index in [0.29, 0.717) is 24.2 Å². The number of carboxylic acids is 1. The van der Waals surface area contributed by atoms with E-state index >= 15 is 0 Å². The van der Waals surface area contributed by atoms with Gasteiger partial charge in [0.15, 0.2) is 0 Å². The Balaban J connectivity index is 1.47. The van der Waals surface area contributed by atoms with Gasteiger partial charge < -0.3 is 15.3 Å². The number of aryl methyl sites for hydroxylation is 1. The molecule has 6 nitrogen and oxygen atoms in total. The van der Waals surface area contributed by atoms with Crippen LogP contribution in [-0.4, -0.2) is 21.9 Å². The highest BCUT2D eigenvalue weighted by Gasteiger charge is 2.35. The molecule has 0 radical (unpaired) electrons. The Kier molecular flexibility index (Phi) is 8.58. The first-order chi connectivity index (χ1) is 21.2. The van der Waals surface area contributed by atoms with Crippen LogP contribution in [0.3, 0.4) is 0 Å². The van der Waals surface area contributed by atoms with Crippen molar-refractivity contribution in [1.82, 2.24) is 4.90 Å². The van der Waals surface area contributed by atoms with Crippen molar-refractivity contribution in [2.75, 3.05) is 0 Å². The summed E-state index contributed by atoms with van der Waals surface area (Å²) in [5, 5.41) is 11.4. The summed E-state index contributed by atoms with van der Waals surface area (Å²) in [6, 6.07) is 26.6. The normalized spacial score (nSPS) is 12.2. The lowest BCUT2D eigenvalue weighted by Crippen LogP contribution is -2.28. The Labute approximate surface area is 258 Å². The number of rotatable bonds is 10. The van der Waals surface area contributed by atoms with Gasteiger partial charge in [0, 0.05) is 18.7 Å². The smallest absolute Gasteiger partial charge is 0.449 e. The Hall–Kier alpha value is -4.89. The van der Waals surface area contributed by atoms with Gasteiger partial charge in [0.2, 0.25) is 11.7 Å². The zero-order chi connectivity index (χ0) is 32.5. The zero-order valence-corrected chi connectivity index (χ0v) is 25.1. The fourth-order valence-electron chi connectivity index (χ4n) is 5.35. The molecule has 232 valence electrons. The van der Waals surface area contributed by atoms with Crippen LogP contribution in [0, 0.1) is 6.92 Å². The largest absolute Gasteiger partial charge is 0.481 e. The molecule has 0 aliphatic carbocycles. The number of carbonyl (C=O) groups is 2. The van der Waals surface area contributed by atoms with E-state index in [4.69, 9.17) is 10.2 Å². The molecule has 0 fully saturated rings. The van der Waals surface area contributed by atoms with E-state index in [1.807, 2.05) is 72.5 Å². The van der Waals surface area contributed by atoms with Gasteiger partial charge in [-0.1, -0.05) is 66.7 Å². The van der Waals surface area contributed by atoms with E-state index in [9.17, 15) is 27.9 Å². The Bertz CT molecular complexity index is 1870. The number of alkyl halides is 3. The zero-order valence-electron chi connectivity index (χ0n) is 25.1. The number of halogens is 3. The Morgan fingerprint density at radius 2 is 1.56 bits per heavy atom. The van der Waals surface area contributed by atoms with Crippen molar-refractivity contribution in [2.45, 2.75) is 52.0 Å². The molecule has 9 heteroatoms. The van der Waals surface area contributed by atoms with Crippen LogP contribution < -0.4 is 5.73 Å². The first-order valence-corrected chi connectivity index (χ1v) is 14.4. The Morgan fingerprint density at radius 3 is 2.20 bits per heavy atom. The molecule has 5 aromatic rings. The second-order valence-corrected chi connectivity index (χ2v) is 11.8. The molecule has 3 N–H and O–H groups in total. The maximum atomic E-state index is 13.3. The van der Waals surface area contributed by atoms with Gasteiger partial charge >= 0.3 is 12.1 Å². The number of nitrogens with zero attached hydrogens (tertiary/aromatic N) is 1. The molecule has 4 aromatic carbocycles. The number of aliphatic carboxylic acids is 1. The summed E-state index contributed by atoms with van der Waals surface area (Å²) in [7, 11) is 0. The van der Waals surface area contributed by atoms with Crippen LogP contribution in [0.25, 0.3) is 21.9 Å². The second-order valence-electron chi connectivity index (χ2n) is 11.8. The van der Waals surface area contributed by atoms with Gasteiger partial charge in [0.1, 0.15) is 5.76 Å². The van der Waals surface area contributed by atoms with E-state index in [1.165, 1.54) is 6.07 Å². The third-order valence-electron chi connectivity index (χ3n) is 8.17. The predicted octanol–water partition coefficient (Wildman–Crippen LogP) is 8.09. The van der Waals surface area contributed by atoms with Crippen molar-refractivity contribution < 1.29 is 32.3 Å². The first-order valence-electron chi connectivity index (χ1n) is 14.4. The van der Waals surface area contributed by atoms with Gasteiger partial charge in [0.25, 0.3) is 0 Å². The third kappa shape index (κ3) is 6.94. The minimum Gasteiger partial charge on any atom is -0.481 e. The van der Waals surface area contributed by atoms with Crippen molar-refractivity contribution in [3.8, 4) is 11.1 Å². The number of primary amides is 1. The number of carbonyl (C=O) groups excluding carboxylic acids is 1. The summed E-state index contributed by atoms with van der Waals surface area (Å²) < 4.78 is 45.1. The standard InChI is InChI=1S/C36H33F3N2O4/c1-22-7-10-25-13-14-27(33(40)42)18-30(25)31(22)21-41(20-29-15-16-32(45-29)36(37,38)39)19-23-8-11-24(12-9-23)26-5-4-6-28(17-26)35(2,3)34(43)44/h4-18H,19-21H2,1-3H3,(H2,40,42)(H,43,44). The predicted molar refractivity (Wildman–Crippen MR) is 166 cm³/mol. The molecule has 0 aliphatic rings. The summed E-state index contributed by atoms with van der Waals surface area (Å²) in [5.74, 6) is -2.34. The number of hydrogen-bond donors (Lipinski definition) is 2. The molecule has 0 aliphatic heterocycles. The molecular formula is C36H33F3N2O4. The lowest BCUT2D eigenvalue weighted by Gasteiger charge is -2.24. The molecule has 0 unspecified atom stereocenters. The molecule has 1 heterocycles. The lowest BCUT2D eigenvalue weighted by molar-refractivity contribution is -0.153. The molecule has 45 heavy (non-hydrogen) atoms. The van der Waals surface area contributed by atoms with Crippen molar-refractivity contribution in [2.24, 2.45) is 5.73 Å². The van der Waals surface area contributed by atoms with Crippen molar-refractivity contribution in [3.63, 3.8) is 0 Å². The van der Waals surface area contributed by atoms with Crippen LogP contribution >= 0.6 is 0 Å². The SMILES string of the molecule is Cc1ccc2ccc(C(N)=O)cc2c1CN(Cc1ccc(-c2cccc(C(C)(C)C(=O)O)c2)cc1)Cc1ccc(C(F)(F)F)o1. The molecule has 1 amide bonds. The molecule has 0 spiro atoms. The van der Waals surface area contributed by atoms with Crippen LogP contribution in [0.2, 0.25) is 0 Å². The van der Waals surface area contributed by atoms with Crippen molar-refractivity contribution in [3.05, 3.63) is 130 Å². The average molecular weight is 615 g/mol. The quantitative estimate of drug-likeness (QED) is 0.166. The van der Waals surface area contributed by atoms with E-state index < -0.39 is 29.2 Å². The van der Waals surface area contributed by atoms with Gasteiger partial charge in [-0.15, -0.1) is 0 Å². The number of hydrogen-bond acceptors (Lipinski definition) is 4. The average Bonchev–Trinajstić information content (AvgIpc) is 3.48. The van der Waals surface area contributed by atoms with Gasteiger partial charge in [-0.25, -0.2) is 0 Å². The maximum Gasteiger partial charge on any atom is 0.449 e. The van der Waals surface area contributed by atoms with Crippen LogP contribution in [0.5, 0.6) is 0 Å². The van der Waals surface area contributed by atoms with E-state index in [-0.39, 0.29) is 12.3 Å². The van der Waals surface area contributed by atoms with Crippen LogP contribution in [-0.2, 0) is 36.0 Å². The van der Waals surface area contributed by atoms with Gasteiger partial charge in [0.05, 0.1) is 12.0 Å². The third-order valence-corrected chi connectivity index (χ3v) is 8.17. The molecule has 0 saturated heterocycles. The molecule has 0 saturated carbocycles. The number of benzene rings is 4. The Morgan fingerprint density at radius 1 is 0.844 bits per heavy atom. The molecule has 5 rings (SSSR count). The van der Waals surface area contributed by atoms with Gasteiger partial charge in [-0.3, -0.25) is 14.5 Å². The number of carboxylic acid groups (broad SMARTS) is 1. The van der Waals surface area contributed by atoms with Gasteiger partial charge in [-0.2, -0.15) is 13.2 Å². The summed E-state index contributed by atoms with van der Waals surface area (Å²) in [6.45, 7) is 6.13. The summed E-state index contributed by atoms with van der Waals surface area (Å²) in [4.78, 5) is 25.7. The molecule has 0 atom stereocenters. The summed E-state index contributed by atoms with van der Waals surface area (Å²) >= 11 is 0. The topological polar surface area (TPSA) is 96.8 Å². The monoisotopic (exact) mass is 614 g/mol. The number of fused-ring (bicyclic) bond motifs is 1. The molecule has 0 bridgehead atoms. The molecule has 1 aromatic heterocycles. The summed E-state index contributed by atoms with van der Waals surface area (Å²) in [6.07, 6.45) is -4.59. The summed E-state index contributed by atoms with van der Waals surface area (Å²) in [5.41, 5.74) is 10.1. The fraction of sp³-hybridized carbons (Fsp3) is 0.222. The highest BCUT2D eigenvalue weighted by atomic mass is 19.4. The number of furan rings is 1. The van der Waals surface area contributed by atoms with Crippen molar-refractivity contribution >= 4 is 22.6 Å². The maximum absolute atomic E-state index is 13.3. The van der Waals surface area contributed by atoms with E-state index in [1.54, 1.807) is 32.0 Å². The van der Waals surface area contributed by atoms with Crippen molar-refractivity contribution in [1.29, 1.82) is 0 Å². The lowest BCUT2D eigenvalue weighted by atomic mass is 9.83. The highest BCUT2D eigenvalue weighted by molar-refractivity contribution is 5.98. The van der Waals surface area contributed by atoms with Crippen LogP contribution in [0.4, 0.5) is 13.2 Å².